The zero-order chi connectivity index (χ0) is 23.4. The molecule has 0 radical (unpaired) electrons. The molecule has 2 aromatic carbocycles. The number of benzene rings is 2. The summed E-state index contributed by atoms with van der Waals surface area (Å²) in [4.78, 5) is 14.4. The molecule has 0 saturated carbocycles. The number of rotatable bonds is 6. The summed E-state index contributed by atoms with van der Waals surface area (Å²) in [5.41, 5.74) is 6.21. The van der Waals surface area contributed by atoms with Gasteiger partial charge in [-0.1, -0.05) is 61.9 Å². The number of nitrogens with zero attached hydrogens (tertiary/aromatic N) is 4. The number of piperidine rings is 1. The van der Waals surface area contributed by atoms with E-state index in [1.807, 2.05) is 0 Å². The van der Waals surface area contributed by atoms with Gasteiger partial charge in [0.15, 0.2) is 0 Å². The fourth-order valence-electron chi connectivity index (χ4n) is 4.29. The summed E-state index contributed by atoms with van der Waals surface area (Å²) in [6.45, 7) is 11.4. The first-order valence-corrected chi connectivity index (χ1v) is 12.7. The first-order valence-electron chi connectivity index (χ1n) is 11.9. The van der Waals surface area contributed by atoms with E-state index in [-0.39, 0.29) is 12.4 Å². The van der Waals surface area contributed by atoms with Gasteiger partial charge >= 0.3 is 0 Å². The van der Waals surface area contributed by atoms with Crippen molar-refractivity contribution in [3.05, 3.63) is 81.5 Å². The van der Waals surface area contributed by atoms with Crippen LogP contribution in [-0.4, -0.2) is 29.6 Å². The molecule has 4 rings (SSSR count). The highest BCUT2D eigenvalue weighted by Crippen LogP contribution is 2.34. The van der Waals surface area contributed by atoms with E-state index in [2.05, 4.69) is 114 Å². The number of anilines is 3. The fourth-order valence-corrected chi connectivity index (χ4v) is 4.90. The Labute approximate surface area is 218 Å². The standard InChI is InChI=1S/C28H33BrN4.ClH/c1-5-33(26-12-11-24(20(2)3)19-25(26)29)28-30-21(4)17-27(31-28)32-15-13-23(14-16-32)18-22-9-7-6-8-10-22;/h6-12,17-20H,5,13-16H2,1-4H3;1H. The van der Waals surface area contributed by atoms with E-state index >= 15 is 0 Å². The minimum Gasteiger partial charge on any atom is -0.356 e. The van der Waals surface area contributed by atoms with E-state index in [1.165, 1.54) is 16.7 Å². The maximum absolute atomic E-state index is 5.01. The molecule has 1 aliphatic rings. The number of hydrogen-bond donors (Lipinski definition) is 0. The van der Waals surface area contributed by atoms with Crippen LogP contribution in [0.25, 0.3) is 6.08 Å². The molecule has 3 aromatic rings. The number of aryl methyl sites for hydroxylation is 1. The molecule has 2 heterocycles. The van der Waals surface area contributed by atoms with Crippen molar-refractivity contribution < 1.29 is 0 Å². The average Bonchev–Trinajstić information content (AvgIpc) is 2.81. The molecule has 0 unspecified atom stereocenters. The number of hydrogen-bond acceptors (Lipinski definition) is 4. The van der Waals surface area contributed by atoms with Crippen LogP contribution in [0, 0.1) is 6.92 Å². The fraction of sp³-hybridized carbons (Fsp3) is 0.357. The molecule has 34 heavy (non-hydrogen) atoms. The molecule has 6 heteroatoms. The highest BCUT2D eigenvalue weighted by molar-refractivity contribution is 9.10. The maximum atomic E-state index is 5.01. The molecule has 0 amide bonds. The maximum Gasteiger partial charge on any atom is 0.232 e. The summed E-state index contributed by atoms with van der Waals surface area (Å²) in [7, 11) is 0. The van der Waals surface area contributed by atoms with Crippen molar-refractivity contribution in [2.45, 2.75) is 46.5 Å². The topological polar surface area (TPSA) is 32.3 Å². The van der Waals surface area contributed by atoms with Crippen LogP contribution < -0.4 is 9.80 Å². The third-order valence-corrected chi connectivity index (χ3v) is 6.85. The van der Waals surface area contributed by atoms with Crippen LogP contribution in [0.2, 0.25) is 0 Å². The molecule has 180 valence electrons. The molecule has 0 bridgehead atoms. The largest absolute Gasteiger partial charge is 0.356 e. The van der Waals surface area contributed by atoms with Crippen molar-refractivity contribution in [3.8, 4) is 0 Å². The van der Waals surface area contributed by atoms with Crippen molar-refractivity contribution in [1.82, 2.24) is 9.97 Å². The van der Waals surface area contributed by atoms with Gasteiger partial charge in [-0.15, -0.1) is 12.4 Å². The molecule has 4 nitrogen and oxygen atoms in total. The molecule has 1 aliphatic heterocycles. The normalized spacial score (nSPS) is 13.6. The van der Waals surface area contributed by atoms with Crippen LogP contribution in [0.5, 0.6) is 0 Å². The van der Waals surface area contributed by atoms with Gasteiger partial charge in [-0.3, -0.25) is 0 Å². The molecular formula is C28H34BrClN4. The third-order valence-electron chi connectivity index (χ3n) is 6.22. The molecule has 0 aliphatic carbocycles. The quantitative estimate of drug-likeness (QED) is 0.317. The van der Waals surface area contributed by atoms with E-state index < -0.39 is 0 Å². The Balaban J connectivity index is 0.00000324. The van der Waals surface area contributed by atoms with Crippen LogP contribution in [0.4, 0.5) is 17.5 Å². The Morgan fingerprint density at radius 2 is 1.74 bits per heavy atom. The van der Waals surface area contributed by atoms with E-state index in [4.69, 9.17) is 9.97 Å². The van der Waals surface area contributed by atoms with Crippen LogP contribution in [-0.2, 0) is 0 Å². The molecule has 1 aromatic heterocycles. The molecular weight excluding hydrogens is 508 g/mol. The molecule has 0 spiro atoms. The number of halogens is 2. The van der Waals surface area contributed by atoms with Crippen molar-refractivity contribution in [3.63, 3.8) is 0 Å². The second-order valence-electron chi connectivity index (χ2n) is 8.98. The monoisotopic (exact) mass is 540 g/mol. The molecule has 1 saturated heterocycles. The Hall–Kier alpha value is -2.37. The minimum atomic E-state index is 0. The van der Waals surface area contributed by atoms with Gasteiger partial charge in [0.1, 0.15) is 5.82 Å². The SMILES string of the molecule is CCN(c1nc(C)cc(N2CCC(=Cc3ccccc3)CC2)n1)c1ccc(C(C)C)cc1Br.Cl. The Morgan fingerprint density at radius 1 is 1.03 bits per heavy atom. The lowest BCUT2D eigenvalue weighted by molar-refractivity contribution is 0.679. The summed E-state index contributed by atoms with van der Waals surface area (Å²) in [5.74, 6) is 2.27. The zero-order valence-electron chi connectivity index (χ0n) is 20.5. The van der Waals surface area contributed by atoms with E-state index in [0.717, 1.165) is 60.1 Å². The lowest BCUT2D eigenvalue weighted by Gasteiger charge is -2.31. The van der Waals surface area contributed by atoms with E-state index in [0.29, 0.717) is 5.92 Å². The lowest BCUT2D eigenvalue weighted by Crippen LogP contribution is -2.32. The van der Waals surface area contributed by atoms with E-state index in [1.54, 1.807) is 0 Å². The van der Waals surface area contributed by atoms with Gasteiger partial charge in [0.25, 0.3) is 0 Å². The second-order valence-corrected chi connectivity index (χ2v) is 9.83. The zero-order valence-corrected chi connectivity index (χ0v) is 22.9. The lowest BCUT2D eigenvalue weighted by atomic mass is 10.0. The van der Waals surface area contributed by atoms with Gasteiger partial charge in [-0.2, -0.15) is 4.98 Å². The Morgan fingerprint density at radius 3 is 2.35 bits per heavy atom. The molecule has 1 fully saturated rings. The summed E-state index contributed by atoms with van der Waals surface area (Å²) < 4.78 is 1.08. The van der Waals surface area contributed by atoms with Gasteiger partial charge in [0.2, 0.25) is 5.95 Å². The summed E-state index contributed by atoms with van der Waals surface area (Å²) in [5, 5.41) is 0. The highest BCUT2D eigenvalue weighted by atomic mass is 79.9. The Bertz CT molecular complexity index is 1120. The first kappa shape index (κ1) is 26.2. The first-order chi connectivity index (χ1) is 15.9. The van der Waals surface area contributed by atoms with E-state index in [9.17, 15) is 0 Å². The van der Waals surface area contributed by atoms with Crippen molar-refractivity contribution in [1.29, 1.82) is 0 Å². The smallest absolute Gasteiger partial charge is 0.232 e. The van der Waals surface area contributed by atoms with Gasteiger partial charge in [-0.25, -0.2) is 4.98 Å². The molecule has 0 atom stereocenters. The predicted molar refractivity (Wildman–Crippen MR) is 151 cm³/mol. The van der Waals surface area contributed by atoms with Gasteiger partial charge < -0.3 is 9.80 Å². The van der Waals surface area contributed by atoms with Crippen LogP contribution in [0.1, 0.15) is 56.4 Å². The van der Waals surface area contributed by atoms with Crippen LogP contribution in [0.3, 0.4) is 0 Å². The van der Waals surface area contributed by atoms with Gasteiger partial charge in [0, 0.05) is 35.9 Å². The summed E-state index contributed by atoms with van der Waals surface area (Å²) in [6, 6.07) is 19.3. The predicted octanol–water partition coefficient (Wildman–Crippen LogP) is 7.93. The van der Waals surface area contributed by atoms with Crippen molar-refractivity contribution in [2.24, 2.45) is 0 Å². The van der Waals surface area contributed by atoms with Gasteiger partial charge in [-0.05, 0) is 71.8 Å². The van der Waals surface area contributed by atoms with Crippen LogP contribution >= 0.6 is 28.3 Å². The third kappa shape index (κ3) is 6.19. The Kier molecular flexibility index (Phi) is 9.15. The van der Waals surface area contributed by atoms with Crippen LogP contribution in [0.15, 0.2) is 64.6 Å². The molecule has 0 N–H and O–H groups in total. The minimum absolute atomic E-state index is 0. The van der Waals surface area contributed by atoms with Gasteiger partial charge in [0.05, 0.1) is 5.69 Å². The van der Waals surface area contributed by atoms with Crippen molar-refractivity contribution in [2.75, 3.05) is 29.4 Å². The van der Waals surface area contributed by atoms with Crippen molar-refractivity contribution >= 4 is 51.9 Å². The second kappa shape index (κ2) is 11.9. The highest BCUT2D eigenvalue weighted by Gasteiger charge is 2.20. The number of aromatic nitrogens is 2. The summed E-state index contributed by atoms with van der Waals surface area (Å²) in [6.07, 6.45) is 4.46. The summed E-state index contributed by atoms with van der Waals surface area (Å²) >= 11 is 3.79. The average molecular weight is 542 g/mol.